The number of hydrogen-bond donors (Lipinski definition) is 0. The predicted octanol–water partition coefficient (Wildman–Crippen LogP) is 1.90. The molecule has 0 aliphatic carbocycles. The van der Waals surface area contributed by atoms with Gasteiger partial charge in [-0.25, -0.2) is 0 Å². The van der Waals surface area contributed by atoms with Gasteiger partial charge in [0.2, 0.25) is 0 Å². The molecule has 0 unspecified atom stereocenters. The Morgan fingerprint density at radius 3 is 2.65 bits per heavy atom. The third-order valence-corrected chi connectivity index (χ3v) is 3.51. The van der Waals surface area contributed by atoms with Crippen molar-refractivity contribution in [1.82, 2.24) is 0 Å². The summed E-state index contributed by atoms with van der Waals surface area (Å²) in [6.45, 7) is 1.96. The Hall–Kier alpha value is -1.10. The fourth-order valence-corrected chi connectivity index (χ4v) is 2.63. The van der Waals surface area contributed by atoms with Crippen molar-refractivity contribution < 1.29 is 18.9 Å². The van der Waals surface area contributed by atoms with Gasteiger partial charge in [-0.2, -0.15) is 0 Å². The van der Waals surface area contributed by atoms with E-state index in [0.29, 0.717) is 0 Å². The average Bonchev–Trinajstić information content (AvgIpc) is 3.12. The summed E-state index contributed by atoms with van der Waals surface area (Å²) in [5.41, 5.74) is 0.517. The molecule has 0 spiro atoms. The molecule has 3 rings (SSSR count). The van der Waals surface area contributed by atoms with Crippen molar-refractivity contribution in [3.63, 3.8) is 0 Å². The molecule has 4 nitrogen and oxygen atoms in total. The van der Waals surface area contributed by atoms with Gasteiger partial charge in [0.15, 0.2) is 11.9 Å². The van der Waals surface area contributed by atoms with Crippen LogP contribution in [0.5, 0.6) is 5.75 Å². The molecule has 1 aromatic rings. The Morgan fingerprint density at radius 2 is 1.94 bits per heavy atom. The van der Waals surface area contributed by atoms with Crippen molar-refractivity contribution >= 4 is 0 Å². The van der Waals surface area contributed by atoms with Crippen molar-refractivity contribution in [1.29, 1.82) is 0 Å². The largest absolute Gasteiger partial charge is 0.479 e. The normalized spacial score (nSPS) is 33.9. The zero-order valence-corrected chi connectivity index (χ0v) is 10.2. The van der Waals surface area contributed by atoms with Crippen LogP contribution in [0.25, 0.3) is 0 Å². The number of fused-ring (bicyclic) bond motifs is 3. The summed E-state index contributed by atoms with van der Waals surface area (Å²) in [6, 6.07) is 7.94. The van der Waals surface area contributed by atoms with Gasteiger partial charge in [-0.3, -0.25) is 0 Å². The molecule has 17 heavy (non-hydrogen) atoms. The zero-order chi connectivity index (χ0) is 12.0. The minimum absolute atomic E-state index is 0.00213. The molecule has 0 bridgehead atoms. The summed E-state index contributed by atoms with van der Waals surface area (Å²) in [5, 5.41) is 0. The first-order valence-electron chi connectivity index (χ1n) is 5.69. The maximum Gasteiger partial charge on any atom is 0.199 e. The Balaban J connectivity index is 1.97. The minimum Gasteiger partial charge on any atom is -0.479 e. The number of benzene rings is 1. The van der Waals surface area contributed by atoms with E-state index in [1.807, 2.05) is 31.2 Å². The predicted molar refractivity (Wildman–Crippen MR) is 60.9 cm³/mol. The van der Waals surface area contributed by atoms with Gasteiger partial charge >= 0.3 is 0 Å². The molecule has 2 heterocycles. The van der Waals surface area contributed by atoms with Gasteiger partial charge < -0.3 is 18.9 Å². The Bertz CT molecular complexity index is 429. The van der Waals surface area contributed by atoms with Crippen molar-refractivity contribution in [2.45, 2.75) is 31.0 Å². The van der Waals surface area contributed by atoms with Crippen LogP contribution in [0.4, 0.5) is 0 Å². The lowest BCUT2D eigenvalue weighted by Gasteiger charge is -2.37. The third-order valence-electron chi connectivity index (χ3n) is 3.51. The van der Waals surface area contributed by atoms with Gasteiger partial charge in [-0.05, 0) is 13.0 Å². The van der Waals surface area contributed by atoms with Crippen LogP contribution in [-0.4, -0.2) is 32.2 Å². The van der Waals surface area contributed by atoms with Gasteiger partial charge in [0.1, 0.15) is 18.0 Å². The number of epoxide rings is 1. The second kappa shape index (κ2) is 3.70. The molecular weight excluding hydrogens is 220 g/mol. The van der Waals surface area contributed by atoms with Crippen molar-refractivity contribution in [2.75, 3.05) is 14.2 Å². The molecule has 3 atom stereocenters. The minimum atomic E-state index is -0.595. The molecule has 2 aliphatic rings. The van der Waals surface area contributed by atoms with Gasteiger partial charge in [0, 0.05) is 19.8 Å². The van der Waals surface area contributed by atoms with Crippen LogP contribution in [0, 0.1) is 0 Å². The van der Waals surface area contributed by atoms with Crippen LogP contribution < -0.4 is 4.74 Å². The van der Waals surface area contributed by atoms with Gasteiger partial charge in [0.25, 0.3) is 0 Å². The number of hydrogen-bond acceptors (Lipinski definition) is 4. The number of rotatable bonds is 3. The number of ether oxygens (including phenoxy) is 4. The molecule has 1 saturated heterocycles. The summed E-state index contributed by atoms with van der Waals surface area (Å²) in [5.74, 6) is 0.854. The van der Waals surface area contributed by atoms with E-state index in [1.165, 1.54) is 0 Å². The van der Waals surface area contributed by atoms with E-state index >= 15 is 0 Å². The van der Waals surface area contributed by atoms with Crippen LogP contribution in [0.2, 0.25) is 0 Å². The molecule has 1 aromatic carbocycles. The SMILES string of the molecule is COC(OC)[C@]1(C)Oc2ccccc2[C@@H]2O[C@@H]21. The van der Waals surface area contributed by atoms with E-state index in [1.54, 1.807) is 14.2 Å². The maximum absolute atomic E-state index is 6.04. The first kappa shape index (κ1) is 11.0. The van der Waals surface area contributed by atoms with Gasteiger partial charge in [-0.1, -0.05) is 18.2 Å². The monoisotopic (exact) mass is 236 g/mol. The smallest absolute Gasteiger partial charge is 0.199 e. The number of para-hydroxylation sites is 1. The molecule has 0 radical (unpaired) electrons. The van der Waals surface area contributed by atoms with Crippen molar-refractivity contribution in [3.05, 3.63) is 29.8 Å². The van der Waals surface area contributed by atoms with Crippen LogP contribution >= 0.6 is 0 Å². The third kappa shape index (κ3) is 1.48. The second-order valence-corrected chi connectivity index (χ2v) is 4.60. The molecule has 0 saturated carbocycles. The lowest BCUT2D eigenvalue weighted by atomic mass is 9.92. The Kier molecular flexibility index (Phi) is 2.40. The van der Waals surface area contributed by atoms with E-state index in [2.05, 4.69) is 0 Å². The average molecular weight is 236 g/mol. The van der Waals surface area contributed by atoms with Crippen molar-refractivity contribution in [3.8, 4) is 5.75 Å². The van der Waals surface area contributed by atoms with E-state index in [9.17, 15) is 0 Å². The molecule has 0 amide bonds. The van der Waals surface area contributed by atoms with Crippen LogP contribution in [0.1, 0.15) is 18.6 Å². The van der Waals surface area contributed by atoms with Gasteiger partial charge in [0.05, 0.1) is 0 Å². The summed E-state index contributed by atoms with van der Waals surface area (Å²) in [4.78, 5) is 0. The lowest BCUT2D eigenvalue weighted by Crippen LogP contribution is -2.53. The van der Waals surface area contributed by atoms with Crippen LogP contribution in [0.15, 0.2) is 24.3 Å². The highest BCUT2D eigenvalue weighted by Gasteiger charge is 2.62. The molecule has 0 N–H and O–H groups in total. The topological polar surface area (TPSA) is 40.2 Å². The Labute approximate surface area is 100 Å². The molecule has 2 aliphatic heterocycles. The van der Waals surface area contributed by atoms with E-state index < -0.39 is 11.9 Å². The molecule has 1 fully saturated rings. The summed E-state index contributed by atoms with van der Waals surface area (Å²) >= 11 is 0. The van der Waals surface area contributed by atoms with E-state index in [0.717, 1.165) is 11.3 Å². The quantitative estimate of drug-likeness (QED) is 0.593. The van der Waals surface area contributed by atoms with Crippen molar-refractivity contribution in [2.24, 2.45) is 0 Å². The fourth-order valence-electron chi connectivity index (χ4n) is 2.63. The highest BCUT2D eigenvalue weighted by Crippen LogP contribution is 2.54. The zero-order valence-electron chi connectivity index (χ0n) is 10.2. The Morgan fingerprint density at radius 1 is 1.24 bits per heavy atom. The van der Waals surface area contributed by atoms with Gasteiger partial charge in [-0.15, -0.1) is 0 Å². The second-order valence-electron chi connectivity index (χ2n) is 4.60. The van der Waals surface area contributed by atoms with E-state index in [4.69, 9.17) is 18.9 Å². The first-order chi connectivity index (χ1) is 8.20. The summed E-state index contributed by atoms with van der Waals surface area (Å²) < 4.78 is 22.4. The van der Waals surface area contributed by atoms with Crippen LogP contribution in [0.3, 0.4) is 0 Å². The molecule has 92 valence electrons. The maximum atomic E-state index is 6.04. The van der Waals surface area contributed by atoms with E-state index in [-0.39, 0.29) is 12.2 Å². The molecule has 4 heteroatoms. The highest BCUT2D eigenvalue weighted by atomic mass is 16.7. The number of methoxy groups -OCH3 is 2. The van der Waals surface area contributed by atoms with Crippen LogP contribution in [-0.2, 0) is 14.2 Å². The fraction of sp³-hybridized carbons (Fsp3) is 0.538. The first-order valence-corrected chi connectivity index (χ1v) is 5.69. The standard InChI is InChI=1S/C13H16O4/c1-13(12(14-2)15-3)11-10(16-11)8-6-4-5-7-9(8)17-13/h4-7,10-12H,1-3H3/t10-,11-,13+/m0/s1. The lowest BCUT2D eigenvalue weighted by molar-refractivity contribution is -0.205. The molecule has 0 aromatic heterocycles. The molecular formula is C13H16O4. The summed E-state index contributed by atoms with van der Waals surface area (Å²) in [7, 11) is 3.22. The summed E-state index contributed by atoms with van der Waals surface area (Å²) in [6.07, 6.45) is -0.328. The highest BCUT2D eigenvalue weighted by molar-refractivity contribution is 5.42.